The molecule has 28 heavy (non-hydrogen) atoms. The number of nitrogens with one attached hydrogen (secondary N) is 3. The van der Waals surface area contributed by atoms with E-state index in [4.69, 9.17) is 0 Å². The van der Waals surface area contributed by atoms with Gasteiger partial charge < -0.3 is 15.5 Å². The van der Waals surface area contributed by atoms with Crippen LogP contribution in [0.1, 0.15) is 53.6 Å². The number of piperidine rings is 2. The summed E-state index contributed by atoms with van der Waals surface area (Å²) in [6.45, 7) is 3.14. The Morgan fingerprint density at radius 1 is 1.21 bits per heavy atom. The predicted molar refractivity (Wildman–Crippen MR) is 102 cm³/mol. The molecule has 5 rings (SSSR count). The molecule has 1 saturated carbocycles. The Morgan fingerprint density at radius 3 is 2.82 bits per heavy atom. The molecule has 3 aliphatic heterocycles. The second-order valence-electron chi connectivity index (χ2n) is 8.78. The quantitative estimate of drug-likeness (QED) is 0.652. The lowest BCUT2D eigenvalue weighted by molar-refractivity contribution is -0.136. The maximum atomic E-state index is 13.1. The van der Waals surface area contributed by atoms with Crippen LogP contribution in [0.4, 0.5) is 0 Å². The van der Waals surface area contributed by atoms with Gasteiger partial charge in [0.15, 0.2) is 0 Å². The van der Waals surface area contributed by atoms with Gasteiger partial charge in [-0.05, 0) is 42.2 Å². The number of amides is 3. The van der Waals surface area contributed by atoms with Crippen molar-refractivity contribution in [2.45, 2.75) is 57.3 Å². The molecular weight excluding hydrogens is 356 g/mol. The van der Waals surface area contributed by atoms with Crippen LogP contribution in [0, 0.1) is 5.41 Å². The average molecular weight is 382 g/mol. The van der Waals surface area contributed by atoms with Crippen molar-refractivity contribution >= 4 is 17.7 Å². The van der Waals surface area contributed by atoms with Crippen LogP contribution in [0.2, 0.25) is 0 Å². The lowest BCUT2D eigenvalue weighted by Crippen LogP contribution is -2.52. The van der Waals surface area contributed by atoms with E-state index < -0.39 is 6.04 Å². The number of imide groups is 1. The zero-order valence-corrected chi connectivity index (χ0v) is 15.9. The Kier molecular flexibility index (Phi) is 4.25. The first-order chi connectivity index (χ1) is 13.5. The SMILES string of the molecule is O=C1CCC(N2Cc3cccc(CNCC45CCC(C4)NC5)c3C2=O)C(=O)N1. The van der Waals surface area contributed by atoms with E-state index in [1.54, 1.807) is 4.90 Å². The lowest BCUT2D eigenvalue weighted by Gasteiger charge is -2.29. The summed E-state index contributed by atoms with van der Waals surface area (Å²) in [5, 5.41) is 9.53. The average Bonchev–Trinajstić information content (AvgIpc) is 3.36. The Balaban J connectivity index is 1.28. The van der Waals surface area contributed by atoms with Crippen LogP contribution in [0.5, 0.6) is 0 Å². The molecule has 148 valence electrons. The maximum absolute atomic E-state index is 13.1. The molecule has 0 spiro atoms. The highest BCUT2D eigenvalue weighted by Gasteiger charge is 2.44. The Bertz CT molecular complexity index is 844. The molecule has 1 aliphatic carbocycles. The van der Waals surface area contributed by atoms with E-state index in [2.05, 4.69) is 16.0 Å². The third-order valence-corrected chi connectivity index (χ3v) is 6.92. The molecule has 3 unspecified atom stereocenters. The number of fused-ring (bicyclic) bond motifs is 3. The Morgan fingerprint density at radius 2 is 2.11 bits per heavy atom. The van der Waals surface area contributed by atoms with Gasteiger partial charge in [-0.1, -0.05) is 18.2 Å². The highest BCUT2D eigenvalue weighted by atomic mass is 16.2. The number of hydrogen-bond acceptors (Lipinski definition) is 5. The first-order valence-corrected chi connectivity index (χ1v) is 10.2. The molecule has 3 atom stereocenters. The second kappa shape index (κ2) is 6.67. The molecule has 3 N–H and O–H groups in total. The van der Waals surface area contributed by atoms with Crippen LogP contribution in [0.15, 0.2) is 18.2 Å². The number of nitrogens with zero attached hydrogens (tertiary/aromatic N) is 1. The van der Waals surface area contributed by atoms with Crippen LogP contribution in [-0.4, -0.2) is 47.8 Å². The van der Waals surface area contributed by atoms with Gasteiger partial charge in [-0.15, -0.1) is 0 Å². The maximum Gasteiger partial charge on any atom is 0.255 e. The molecule has 2 saturated heterocycles. The molecule has 3 heterocycles. The van der Waals surface area contributed by atoms with Gasteiger partial charge in [-0.25, -0.2) is 0 Å². The molecule has 7 nitrogen and oxygen atoms in total. The standard InChI is InChI=1S/C21H26N4O3/c26-17-5-4-16(19(27)24-17)25-10-14-3-1-2-13(18(14)20(25)28)9-22-11-21-7-6-15(8-21)23-12-21/h1-3,15-16,22-23H,4-12H2,(H,24,26,27). The minimum absolute atomic E-state index is 0.0940. The first kappa shape index (κ1) is 17.8. The molecule has 3 fully saturated rings. The van der Waals surface area contributed by atoms with Crippen molar-refractivity contribution in [3.63, 3.8) is 0 Å². The molecule has 2 bridgehead atoms. The summed E-state index contributed by atoms with van der Waals surface area (Å²) in [7, 11) is 0. The smallest absolute Gasteiger partial charge is 0.255 e. The number of benzene rings is 1. The molecule has 1 aromatic carbocycles. The zero-order chi connectivity index (χ0) is 19.3. The van der Waals surface area contributed by atoms with Gasteiger partial charge in [0.05, 0.1) is 0 Å². The van der Waals surface area contributed by atoms with Crippen molar-refractivity contribution in [2.75, 3.05) is 13.1 Å². The van der Waals surface area contributed by atoms with E-state index in [0.717, 1.165) is 29.8 Å². The molecule has 0 aromatic heterocycles. The topological polar surface area (TPSA) is 90.5 Å². The molecule has 3 amide bonds. The number of carbonyl (C=O) groups excluding carboxylic acids is 3. The molecule has 1 aromatic rings. The van der Waals surface area contributed by atoms with Crippen LogP contribution in [0.25, 0.3) is 0 Å². The van der Waals surface area contributed by atoms with Crippen molar-refractivity contribution in [3.05, 3.63) is 34.9 Å². The van der Waals surface area contributed by atoms with Crippen LogP contribution < -0.4 is 16.0 Å². The van der Waals surface area contributed by atoms with Gasteiger partial charge >= 0.3 is 0 Å². The summed E-state index contributed by atoms with van der Waals surface area (Å²) in [5.74, 6) is -0.713. The van der Waals surface area contributed by atoms with Gasteiger partial charge in [0.2, 0.25) is 11.8 Å². The molecular formula is C21H26N4O3. The van der Waals surface area contributed by atoms with Gasteiger partial charge in [0, 0.05) is 44.2 Å². The van der Waals surface area contributed by atoms with Gasteiger partial charge in [0.1, 0.15) is 6.04 Å². The first-order valence-electron chi connectivity index (χ1n) is 10.2. The van der Waals surface area contributed by atoms with Crippen molar-refractivity contribution < 1.29 is 14.4 Å². The molecule has 0 radical (unpaired) electrons. The number of carbonyl (C=O) groups is 3. The zero-order valence-electron chi connectivity index (χ0n) is 15.9. The number of rotatable bonds is 5. The largest absolute Gasteiger partial charge is 0.322 e. The minimum Gasteiger partial charge on any atom is -0.322 e. The second-order valence-corrected chi connectivity index (χ2v) is 8.78. The van der Waals surface area contributed by atoms with Crippen LogP contribution in [-0.2, 0) is 22.7 Å². The van der Waals surface area contributed by atoms with E-state index >= 15 is 0 Å². The van der Waals surface area contributed by atoms with Crippen molar-refractivity contribution in [2.24, 2.45) is 5.41 Å². The van der Waals surface area contributed by atoms with E-state index in [9.17, 15) is 14.4 Å². The highest BCUT2D eigenvalue weighted by molar-refractivity contribution is 6.05. The summed E-state index contributed by atoms with van der Waals surface area (Å²) in [6.07, 6.45) is 4.46. The minimum atomic E-state index is -0.558. The normalized spacial score (nSPS) is 31.4. The predicted octanol–water partition coefficient (Wildman–Crippen LogP) is 0.679. The van der Waals surface area contributed by atoms with E-state index in [-0.39, 0.29) is 24.1 Å². The lowest BCUT2D eigenvalue weighted by atomic mass is 9.87. The number of hydrogen-bond donors (Lipinski definition) is 3. The third-order valence-electron chi connectivity index (χ3n) is 6.92. The van der Waals surface area contributed by atoms with E-state index in [1.165, 1.54) is 19.3 Å². The highest BCUT2D eigenvalue weighted by Crippen LogP contribution is 2.42. The van der Waals surface area contributed by atoms with E-state index in [0.29, 0.717) is 31.0 Å². The summed E-state index contributed by atoms with van der Waals surface area (Å²) in [5.41, 5.74) is 3.06. The van der Waals surface area contributed by atoms with Crippen LogP contribution >= 0.6 is 0 Å². The molecule has 4 aliphatic rings. The Labute approximate surface area is 164 Å². The van der Waals surface area contributed by atoms with Gasteiger partial charge in [-0.3, -0.25) is 19.7 Å². The van der Waals surface area contributed by atoms with Gasteiger partial charge in [-0.2, -0.15) is 0 Å². The monoisotopic (exact) mass is 382 g/mol. The Hall–Kier alpha value is -2.25. The third kappa shape index (κ3) is 2.93. The van der Waals surface area contributed by atoms with E-state index in [1.807, 2.05) is 18.2 Å². The van der Waals surface area contributed by atoms with Crippen molar-refractivity contribution in [1.29, 1.82) is 0 Å². The molecule has 7 heteroatoms. The summed E-state index contributed by atoms with van der Waals surface area (Å²) in [6, 6.07) is 6.07. The summed E-state index contributed by atoms with van der Waals surface area (Å²) >= 11 is 0. The van der Waals surface area contributed by atoms with Crippen molar-refractivity contribution in [3.8, 4) is 0 Å². The fraction of sp³-hybridized carbons (Fsp3) is 0.571. The summed E-state index contributed by atoms with van der Waals surface area (Å²) < 4.78 is 0. The van der Waals surface area contributed by atoms with Crippen LogP contribution in [0.3, 0.4) is 0 Å². The fourth-order valence-corrected chi connectivity index (χ4v) is 5.43. The van der Waals surface area contributed by atoms with Gasteiger partial charge in [0.25, 0.3) is 5.91 Å². The summed E-state index contributed by atoms with van der Waals surface area (Å²) in [4.78, 5) is 38.4. The fourth-order valence-electron chi connectivity index (χ4n) is 5.43. The van der Waals surface area contributed by atoms with Crippen molar-refractivity contribution in [1.82, 2.24) is 20.9 Å².